The molecule has 0 aliphatic carbocycles. The van der Waals surface area contributed by atoms with Crippen LogP contribution < -0.4 is 75.1 Å². The van der Waals surface area contributed by atoms with Crippen LogP contribution in [0.15, 0.2) is 46.2 Å². The third-order valence-electron chi connectivity index (χ3n) is 4.48. The molecule has 2 aromatic rings. The van der Waals surface area contributed by atoms with E-state index < -0.39 is 36.1 Å². The van der Waals surface area contributed by atoms with Gasteiger partial charge in [-0.05, 0) is 49.2 Å². The first kappa shape index (κ1) is 35.7. The quantitative estimate of drug-likeness (QED) is 0.169. The number of hydrogen-bond donors (Lipinski definition) is 3. The Balaban J connectivity index is 0.00000648. The number of carbonyl (C=O) groups is 2. The Labute approximate surface area is 261 Å². The van der Waals surface area contributed by atoms with E-state index in [1.54, 1.807) is 27.7 Å². The van der Waals surface area contributed by atoms with Crippen molar-refractivity contribution >= 4 is 55.7 Å². The fourth-order valence-corrected chi connectivity index (χ4v) is 4.22. The van der Waals surface area contributed by atoms with E-state index in [0.29, 0.717) is 0 Å². The zero-order valence-electron chi connectivity index (χ0n) is 21.4. The Bertz CT molecular complexity index is 1380. The summed E-state index contributed by atoms with van der Waals surface area (Å²) in [6, 6.07) is 6.41. The Morgan fingerprint density at radius 1 is 0.757 bits per heavy atom. The van der Waals surface area contributed by atoms with E-state index >= 15 is 0 Å². The van der Waals surface area contributed by atoms with Gasteiger partial charge in [0.15, 0.2) is 0 Å². The van der Waals surface area contributed by atoms with Crippen molar-refractivity contribution in [2.75, 3.05) is 10.6 Å². The van der Waals surface area contributed by atoms with Gasteiger partial charge >= 0.3 is 65.1 Å². The molecule has 190 valence electrons. The molecule has 0 saturated heterocycles. The van der Waals surface area contributed by atoms with E-state index in [-0.39, 0.29) is 99.5 Å². The molecule has 0 fully saturated rings. The van der Waals surface area contributed by atoms with Gasteiger partial charge < -0.3 is 25.1 Å². The van der Waals surface area contributed by atoms with E-state index in [2.05, 4.69) is 16.0 Å². The first-order valence-electron chi connectivity index (χ1n) is 10.3. The van der Waals surface area contributed by atoms with Gasteiger partial charge in [-0.2, -0.15) is 0 Å². The second-order valence-electron chi connectivity index (χ2n) is 8.14. The first-order valence-corrected chi connectivity index (χ1v) is 13.2. The molecule has 0 radical (unpaired) electrons. The summed E-state index contributed by atoms with van der Waals surface area (Å²) >= 11 is 0. The van der Waals surface area contributed by atoms with Crippen molar-refractivity contribution in [3.8, 4) is 0 Å². The zero-order valence-corrected chi connectivity index (χ0v) is 27.0. The molecule has 0 aromatic heterocycles. The largest absolute Gasteiger partial charge is 1.00 e. The number of benzene rings is 2. The molecule has 37 heavy (non-hydrogen) atoms. The van der Waals surface area contributed by atoms with E-state index in [1.807, 2.05) is 0 Å². The van der Waals surface area contributed by atoms with Crippen LogP contribution in [0, 0.1) is 5.92 Å². The molecule has 0 heterocycles. The Morgan fingerprint density at radius 3 is 1.51 bits per heavy atom. The second kappa shape index (κ2) is 14.8. The number of rotatable bonds is 8. The molecular weight excluding hydrogens is 544 g/mol. The van der Waals surface area contributed by atoms with E-state index in [1.165, 1.54) is 24.3 Å². The molecule has 0 bridgehead atoms. The van der Waals surface area contributed by atoms with Gasteiger partial charge in [-0.3, -0.25) is 4.79 Å². The molecule has 2 aromatic carbocycles. The second-order valence-corrected chi connectivity index (χ2v) is 10.8. The van der Waals surface area contributed by atoms with Gasteiger partial charge in [-0.15, -0.1) is 0 Å². The van der Waals surface area contributed by atoms with Crippen LogP contribution in [-0.2, 0) is 25.0 Å². The number of hydrogen-bond acceptors (Lipinski definition) is 8. The summed E-state index contributed by atoms with van der Waals surface area (Å²) in [5.74, 6) is -0.771. The van der Waals surface area contributed by atoms with Crippen molar-refractivity contribution in [1.29, 1.82) is 0 Å². The molecule has 15 heteroatoms. The Morgan fingerprint density at radius 2 is 1.16 bits per heavy atom. The number of carbonyl (C=O) groups excluding carboxylic acids is 2. The first-order chi connectivity index (χ1) is 16.1. The Hall–Kier alpha value is -1.26. The molecule has 0 aliphatic rings. The van der Waals surface area contributed by atoms with Crippen molar-refractivity contribution in [1.82, 2.24) is 5.32 Å². The maximum absolute atomic E-state index is 11.9. The zero-order chi connectivity index (χ0) is 26.6. The summed E-state index contributed by atoms with van der Waals surface area (Å²) in [6.07, 6.45) is 2.31. The van der Waals surface area contributed by atoms with Gasteiger partial charge in [0.2, 0.25) is 5.91 Å². The number of urea groups is 1. The predicted molar refractivity (Wildman–Crippen MR) is 128 cm³/mol. The number of anilines is 2. The van der Waals surface area contributed by atoms with Crippen molar-refractivity contribution in [3.05, 3.63) is 47.5 Å². The van der Waals surface area contributed by atoms with Gasteiger partial charge in [0.05, 0.1) is 9.79 Å². The fourth-order valence-electron chi connectivity index (χ4n) is 2.83. The van der Waals surface area contributed by atoms with Crippen LogP contribution in [0.3, 0.4) is 0 Å². The monoisotopic (exact) mass is 569 g/mol. The average Bonchev–Trinajstić information content (AvgIpc) is 2.71. The number of nitrogens with one attached hydrogen (secondary N) is 3. The van der Waals surface area contributed by atoms with Crippen LogP contribution in [0.1, 0.15) is 38.8 Å². The van der Waals surface area contributed by atoms with Crippen LogP contribution in [0.4, 0.5) is 16.2 Å². The van der Waals surface area contributed by atoms with Crippen molar-refractivity contribution in [2.24, 2.45) is 5.92 Å². The third kappa shape index (κ3) is 11.2. The van der Waals surface area contributed by atoms with Crippen molar-refractivity contribution in [2.45, 2.75) is 43.5 Å². The molecule has 2 rings (SSSR count). The summed E-state index contributed by atoms with van der Waals surface area (Å²) in [6.45, 7) is 6.72. The topological polar surface area (TPSA) is 185 Å². The molecule has 0 saturated carbocycles. The molecule has 0 aliphatic heterocycles. The molecule has 11 nitrogen and oxygen atoms in total. The van der Waals surface area contributed by atoms with Gasteiger partial charge in [-0.1, -0.05) is 38.1 Å². The molecule has 0 spiro atoms. The van der Waals surface area contributed by atoms with E-state index in [4.69, 9.17) is 0 Å². The molecular formula is C22H25N3Na2O8S2. The summed E-state index contributed by atoms with van der Waals surface area (Å²) in [5, 5.41) is 7.45. The van der Waals surface area contributed by atoms with Crippen LogP contribution >= 0.6 is 0 Å². The van der Waals surface area contributed by atoms with Crippen LogP contribution in [0.25, 0.3) is 12.2 Å². The Kier molecular flexibility index (Phi) is 14.3. The summed E-state index contributed by atoms with van der Waals surface area (Å²) in [4.78, 5) is 22.4. The molecule has 3 amide bonds. The predicted octanol–water partition coefficient (Wildman–Crippen LogP) is -3.20. The fraction of sp³-hybridized carbons (Fsp3) is 0.273. The minimum Gasteiger partial charge on any atom is -0.744 e. The van der Waals surface area contributed by atoms with Crippen LogP contribution in [-0.4, -0.2) is 43.9 Å². The number of amides is 3. The van der Waals surface area contributed by atoms with Gasteiger partial charge in [-0.25, -0.2) is 21.6 Å². The van der Waals surface area contributed by atoms with E-state index in [0.717, 1.165) is 24.3 Å². The van der Waals surface area contributed by atoms with Gasteiger partial charge in [0.1, 0.15) is 20.2 Å². The summed E-state index contributed by atoms with van der Waals surface area (Å²) in [5.41, 5.74) is -0.0486. The smallest absolute Gasteiger partial charge is 0.744 e. The average molecular weight is 570 g/mol. The van der Waals surface area contributed by atoms with Crippen LogP contribution in [0.5, 0.6) is 0 Å². The summed E-state index contributed by atoms with van der Waals surface area (Å²) < 4.78 is 70.8. The molecule has 0 unspecified atom stereocenters. The maximum Gasteiger partial charge on any atom is 1.00 e. The minimum atomic E-state index is -4.99. The van der Waals surface area contributed by atoms with Crippen molar-refractivity contribution in [3.63, 3.8) is 0 Å². The van der Waals surface area contributed by atoms with E-state index in [9.17, 15) is 35.5 Å². The summed E-state index contributed by atoms with van der Waals surface area (Å²) in [7, 11) is -9.96. The normalized spacial score (nSPS) is 11.6. The van der Waals surface area contributed by atoms with Crippen LogP contribution in [0.2, 0.25) is 0 Å². The molecule has 0 atom stereocenters. The molecule has 3 N–H and O–H groups in total. The third-order valence-corrected chi connectivity index (χ3v) is 6.26. The van der Waals surface area contributed by atoms with Gasteiger partial charge in [0, 0.05) is 23.3 Å². The minimum absolute atomic E-state index is 0. The maximum atomic E-state index is 11.9. The van der Waals surface area contributed by atoms with Gasteiger partial charge in [0.25, 0.3) is 0 Å². The standard InChI is InChI=1S/C22H27N3O8S2.2Na/c1-13(2)21(26)24-17-9-7-15(19(11-17)34(28,29)30)5-6-16-8-10-18(12-20(16)35(31,32)33)25-22(27)23-14(3)4;;/h5-14H,1-4H3,(H,24,26)(H2,23,25,27)(H,28,29,30)(H,31,32,33);;/q;2*+1/p-2. The SMILES string of the molecule is CC(C)NC(=O)Nc1ccc(C=Cc2ccc(NC(=O)C(C)C)cc2S(=O)(=O)[O-])c(S(=O)(=O)[O-])c1.[Na+].[Na+]. The van der Waals surface area contributed by atoms with Crippen molar-refractivity contribution < 1.29 is 94.6 Å².